The van der Waals surface area contributed by atoms with Gasteiger partial charge in [-0.3, -0.25) is 15.2 Å². The maximum absolute atomic E-state index is 12.5. The first kappa shape index (κ1) is 26.5. The number of carbonyl (C=O) groups excluding carboxylic acids is 2. The Hall–Kier alpha value is -4.08. The van der Waals surface area contributed by atoms with Crippen molar-refractivity contribution in [2.75, 3.05) is 32.8 Å². The highest BCUT2D eigenvalue weighted by Crippen LogP contribution is 2.22. The molecule has 1 aliphatic rings. The van der Waals surface area contributed by atoms with E-state index in [1.54, 1.807) is 43.5 Å². The highest BCUT2D eigenvalue weighted by atomic mass is 16.5. The standard InChI is InChI=1S/C26H33N5O5/c1-3-30-31-14-11-21(12-15-31)36-20-8-5-18(6-9-20)25(32)29-13-16-35-23-17-19(24(27)28)7-10-22(23)26(33)34-4-2/h3,5-10,17,21H,4,11-16H2,1-2H3,(H3,27,28)(H,29,32)/b30-3+. The summed E-state index contributed by atoms with van der Waals surface area (Å²) in [6.07, 6.45) is 3.72. The van der Waals surface area contributed by atoms with Gasteiger partial charge in [0.2, 0.25) is 0 Å². The van der Waals surface area contributed by atoms with Gasteiger partial charge >= 0.3 is 5.97 Å². The highest BCUT2D eigenvalue weighted by Gasteiger charge is 2.19. The molecule has 10 heteroatoms. The van der Waals surface area contributed by atoms with Crippen LogP contribution in [0.25, 0.3) is 0 Å². The number of rotatable bonds is 11. The molecular formula is C26H33N5O5. The number of nitrogen functional groups attached to an aromatic ring is 1. The Labute approximate surface area is 210 Å². The summed E-state index contributed by atoms with van der Waals surface area (Å²) < 4.78 is 16.8. The minimum Gasteiger partial charge on any atom is -0.491 e. The second kappa shape index (κ2) is 13.1. The fourth-order valence-electron chi connectivity index (χ4n) is 3.73. The maximum atomic E-state index is 12.5. The summed E-state index contributed by atoms with van der Waals surface area (Å²) in [6, 6.07) is 11.6. The predicted molar refractivity (Wildman–Crippen MR) is 137 cm³/mol. The number of nitrogens with zero attached hydrogens (tertiary/aromatic N) is 2. The number of hydrogen-bond acceptors (Lipinski definition) is 8. The van der Waals surface area contributed by atoms with Gasteiger partial charge in [-0.1, -0.05) is 6.07 Å². The van der Waals surface area contributed by atoms with Crippen LogP contribution in [0, 0.1) is 5.41 Å². The average Bonchev–Trinajstić information content (AvgIpc) is 2.88. The molecule has 3 rings (SSSR count). The zero-order valence-corrected chi connectivity index (χ0v) is 20.7. The van der Waals surface area contributed by atoms with E-state index in [-0.39, 0.29) is 48.9 Å². The SMILES string of the molecule is C/C=N/N1CCC(Oc2ccc(C(=O)NCCOc3cc(C(=N)N)ccc3C(=O)OCC)cc2)CC1. The molecule has 0 radical (unpaired) electrons. The number of benzene rings is 2. The Morgan fingerprint density at radius 1 is 1.17 bits per heavy atom. The molecule has 4 N–H and O–H groups in total. The van der Waals surface area contributed by atoms with Crippen LogP contribution in [0.5, 0.6) is 11.5 Å². The molecule has 1 amide bonds. The van der Waals surface area contributed by atoms with Gasteiger partial charge in [0.1, 0.15) is 35.6 Å². The quantitative estimate of drug-likeness (QED) is 0.188. The van der Waals surface area contributed by atoms with E-state index in [1.165, 1.54) is 12.1 Å². The molecule has 1 fully saturated rings. The summed E-state index contributed by atoms with van der Waals surface area (Å²) >= 11 is 0. The lowest BCUT2D eigenvalue weighted by Gasteiger charge is -2.30. The zero-order chi connectivity index (χ0) is 25.9. The number of hydrazone groups is 1. The predicted octanol–water partition coefficient (Wildman–Crippen LogP) is 2.81. The lowest BCUT2D eigenvalue weighted by molar-refractivity contribution is 0.0521. The Morgan fingerprint density at radius 2 is 1.86 bits per heavy atom. The molecule has 10 nitrogen and oxygen atoms in total. The van der Waals surface area contributed by atoms with Crippen molar-refractivity contribution in [1.82, 2.24) is 10.3 Å². The molecule has 36 heavy (non-hydrogen) atoms. The molecule has 2 aromatic rings. The minimum atomic E-state index is -0.533. The smallest absolute Gasteiger partial charge is 0.341 e. The molecule has 0 unspecified atom stereocenters. The molecule has 2 aromatic carbocycles. The molecule has 0 aliphatic carbocycles. The van der Waals surface area contributed by atoms with E-state index in [9.17, 15) is 9.59 Å². The van der Waals surface area contributed by atoms with Gasteiger partial charge in [0.05, 0.1) is 13.2 Å². The molecule has 0 saturated carbocycles. The third kappa shape index (κ3) is 7.46. The van der Waals surface area contributed by atoms with Gasteiger partial charge in [-0.25, -0.2) is 4.79 Å². The van der Waals surface area contributed by atoms with Gasteiger partial charge in [0.15, 0.2) is 0 Å². The van der Waals surface area contributed by atoms with Crippen LogP contribution in [-0.2, 0) is 4.74 Å². The second-order valence-corrected chi connectivity index (χ2v) is 8.12. The van der Waals surface area contributed by atoms with Crippen LogP contribution in [-0.4, -0.2) is 67.9 Å². The Bertz CT molecular complexity index is 1080. The Balaban J connectivity index is 1.48. The molecule has 1 saturated heterocycles. The van der Waals surface area contributed by atoms with Crippen molar-refractivity contribution in [3.8, 4) is 11.5 Å². The average molecular weight is 496 g/mol. The van der Waals surface area contributed by atoms with Crippen LogP contribution in [0.1, 0.15) is 53.0 Å². The van der Waals surface area contributed by atoms with Crippen LogP contribution in [0.3, 0.4) is 0 Å². The molecular weight excluding hydrogens is 462 g/mol. The van der Waals surface area contributed by atoms with Gasteiger partial charge < -0.3 is 25.3 Å². The first-order chi connectivity index (χ1) is 17.4. The van der Waals surface area contributed by atoms with E-state index >= 15 is 0 Å². The van der Waals surface area contributed by atoms with Crippen molar-refractivity contribution >= 4 is 23.9 Å². The number of nitrogens with one attached hydrogen (secondary N) is 2. The molecule has 1 heterocycles. The van der Waals surface area contributed by atoms with Gasteiger partial charge in [-0.15, -0.1) is 0 Å². The van der Waals surface area contributed by atoms with Crippen molar-refractivity contribution in [3.63, 3.8) is 0 Å². The molecule has 192 valence electrons. The zero-order valence-electron chi connectivity index (χ0n) is 20.7. The minimum absolute atomic E-state index is 0.113. The molecule has 0 spiro atoms. The van der Waals surface area contributed by atoms with Crippen LogP contribution in [0.4, 0.5) is 0 Å². The number of piperidine rings is 1. The number of esters is 1. The Kier molecular flexibility index (Phi) is 9.67. The van der Waals surface area contributed by atoms with Gasteiger partial charge in [-0.05, 0) is 50.2 Å². The maximum Gasteiger partial charge on any atom is 0.341 e. The summed E-state index contributed by atoms with van der Waals surface area (Å²) in [5.74, 6) is 0.0356. The molecule has 0 atom stereocenters. The van der Waals surface area contributed by atoms with E-state index in [0.717, 1.165) is 31.7 Å². The van der Waals surface area contributed by atoms with Crippen molar-refractivity contribution in [1.29, 1.82) is 5.41 Å². The number of nitrogens with two attached hydrogens (primary N) is 1. The van der Waals surface area contributed by atoms with Crippen LogP contribution in [0.15, 0.2) is 47.6 Å². The van der Waals surface area contributed by atoms with Crippen molar-refractivity contribution in [2.45, 2.75) is 32.8 Å². The third-order valence-electron chi connectivity index (χ3n) is 5.55. The Morgan fingerprint density at radius 3 is 2.50 bits per heavy atom. The van der Waals surface area contributed by atoms with Crippen molar-refractivity contribution in [2.24, 2.45) is 10.8 Å². The number of hydrogen-bond donors (Lipinski definition) is 3. The van der Waals surface area contributed by atoms with E-state index in [1.807, 2.05) is 11.9 Å². The van der Waals surface area contributed by atoms with Crippen molar-refractivity contribution in [3.05, 3.63) is 59.2 Å². The fourth-order valence-corrected chi connectivity index (χ4v) is 3.73. The number of amidine groups is 1. The number of carbonyl (C=O) groups is 2. The van der Waals surface area contributed by atoms with E-state index in [2.05, 4.69) is 10.4 Å². The molecule has 0 aromatic heterocycles. The van der Waals surface area contributed by atoms with Gasteiger partial charge in [-0.2, -0.15) is 5.10 Å². The topological polar surface area (TPSA) is 139 Å². The van der Waals surface area contributed by atoms with Crippen LogP contribution in [0.2, 0.25) is 0 Å². The van der Waals surface area contributed by atoms with Crippen LogP contribution < -0.4 is 20.5 Å². The summed E-state index contributed by atoms with van der Waals surface area (Å²) in [4.78, 5) is 24.7. The lowest BCUT2D eigenvalue weighted by Crippen LogP contribution is -2.35. The summed E-state index contributed by atoms with van der Waals surface area (Å²) in [6.45, 7) is 5.88. The van der Waals surface area contributed by atoms with E-state index in [4.69, 9.17) is 25.4 Å². The second-order valence-electron chi connectivity index (χ2n) is 8.12. The lowest BCUT2D eigenvalue weighted by atomic mass is 10.1. The van der Waals surface area contributed by atoms with Gasteiger partial charge in [0.25, 0.3) is 5.91 Å². The van der Waals surface area contributed by atoms with E-state index in [0.29, 0.717) is 11.1 Å². The number of amides is 1. The molecule has 1 aliphatic heterocycles. The summed E-state index contributed by atoms with van der Waals surface area (Å²) in [5, 5.41) is 16.7. The third-order valence-corrected chi connectivity index (χ3v) is 5.55. The summed E-state index contributed by atoms with van der Waals surface area (Å²) in [5.41, 5.74) is 6.69. The van der Waals surface area contributed by atoms with Crippen LogP contribution >= 0.6 is 0 Å². The normalized spacial score (nSPS) is 13.9. The van der Waals surface area contributed by atoms with Gasteiger partial charge in [0, 0.05) is 43.3 Å². The first-order valence-corrected chi connectivity index (χ1v) is 12.0. The number of ether oxygens (including phenoxy) is 3. The fraction of sp³-hybridized carbons (Fsp3) is 0.385. The first-order valence-electron chi connectivity index (χ1n) is 12.0. The monoisotopic (exact) mass is 495 g/mol. The molecule has 0 bridgehead atoms. The van der Waals surface area contributed by atoms with E-state index < -0.39 is 5.97 Å². The summed E-state index contributed by atoms with van der Waals surface area (Å²) in [7, 11) is 0. The van der Waals surface area contributed by atoms with Crippen molar-refractivity contribution < 1.29 is 23.8 Å². The largest absolute Gasteiger partial charge is 0.491 e. The highest BCUT2D eigenvalue weighted by molar-refractivity contribution is 5.98.